The minimum absolute atomic E-state index is 0.0378. The Morgan fingerprint density at radius 3 is 2.68 bits per heavy atom. The number of oxime groups is 1. The summed E-state index contributed by atoms with van der Waals surface area (Å²) in [6, 6.07) is 16.7. The second-order valence-electron chi connectivity index (χ2n) is 7.33. The molecule has 0 aliphatic carbocycles. The van der Waals surface area contributed by atoms with Crippen molar-refractivity contribution in [3.8, 4) is 0 Å². The molecule has 1 amide bonds. The quantitative estimate of drug-likeness (QED) is 0.804. The molecule has 3 aliphatic heterocycles. The minimum Gasteiger partial charge on any atom is -0.388 e. The Labute approximate surface area is 147 Å². The molecule has 4 nitrogen and oxygen atoms in total. The van der Waals surface area contributed by atoms with Crippen molar-refractivity contribution in [2.75, 3.05) is 0 Å². The van der Waals surface area contributed by atoms with Gasteiger partial charge in [-0.1, -0.05) is 59.3 Å². The molecule has 126 valence electrons. The number of fused-ring (bicyclic) bond motifs is 5. The summed E-state index contributed by atoms with van der Waals surface area (Å²) in [4.78, 5) is 21.1. The Morgan fingerprint density at radius 2 is 1.88 bits per heavy atom. The number of nitrogens with zero attached hydrogens (tertiary/aromatic N) is 2. The second-order valence-corrected chi connectivity index (χ2v) is 7.33. The highest BCUT2D eigenvalue weighted by Gasteiger charge is 2.58. The van der Waals surface area contributed by atoms with Gasteiger partial charge in [0.15, 0.2) is 6.10 Å². The van der Waals surface area contributed by atoms with Crippen LogP contribution in [0.25, 0.3) is 0 Å². The first-order valence-corrected chi connectivity index (χ1v) is 8.86. The lowest BCUT2D eigenvalue weighted by atomic mass is 9.86. The van der Waals surface area contributed by atoms with Crippen molar-refractivity contribution < 1.29 is 9.63 Å². The van der Waals surface area contributed by atoms with Crippen LogP contribution >= 0.6 is 0 Å². The maximum atomic E-state index is 13.3. The van der Waals surface area contributed by atoms with Gasteiger partial charge in [-0.05, 0) is 31.4 Å². The molecule has 4 heteroatoms. The van der Waals surface area contributed by atoms with Crippen molar-refractivity contribution in [2.45, 2.75) is 38.5 Å². The Balaban J connectivity index is 1.58. The van der Waals surface area contributed by atoms with Gasteiger partial charge in [0.25, 0.3) is 0 Å². The monoisotopic (exact) mass is 332 g/mol. The summed E-state index contributed by atoms with van der Waals surface area (Å²) in [5.41, 5.74) is 5.47. The molecule has 25 heavy (non-hydrogen) atoms. The maximum Gasteiger partial charge on any atom is 0.236 e. The highest BCUT2D eigenvalue weighted by atomic mass is 16.6. The third-order valence-corrected chi connectivity index (χ3v) is 5.74. The maximum absolute atomic E-state index is 13.3. The number of amides is 1. The van der Waals surface area contributed by atoms with Crippen LogP contribution in [-0.2, 0) is 16.1 Å². The van der Waals surface area contributed by atoms with E-state index in [9.17, 15) is 4.79 Å². The zero-order valence-corrected chi connectivity index (χ0v) is 14.3. The van der Waals surface area contributed by atoms with Crippen LogP contribution in [0.4, 0.5) is 0 Å². The molecule has 0 saturated carbocycles. The van der Waals surface area contributed by atoms with Crippen molar-refractivity contribution in [3.05, 3.63) is 70.8 Å². The van der Waals surface area contributed by atoms with Gasteiger partial charge in [0.1, 0.15) is 11.6 Å². The van der Waals surface area contributed by atoms with Crippen molar-refractivity contribution in [3.63, 3.8) is 0 Å². The van der Waals surface area contributed by atoms with Gasteiger partial charge in [-0.3, -0.25) is 4.79 Å². The standard InChI is InChI=1S/C21H20N2O2/c1-12-7-9-14(10-8-12)18-17-20(25-22-18)19-16-6-4-3-5-15(16)11-13(2)23(19)21(17)24/h3-10,13,17,19-20H,11H2,1-2H3/t13-,17-,19+,20+/m0/s1. The Morgan fingerprint density at radius 1 is 1.12 bits per heavy atom. The number of rotatable bonds is 1. The van der Waals surface area contributed by atoms with Crippen LogP contribution in [0.1, 0.15) is 35.2 Å². The zero-order chi connectivity index (χ0) is 17.1. The summed E-state index contributed by atoms with van der Waals surface area (Å²) in [7, 11) is 0. The average Bonchev–Trinajstić information content (AvgIpc) is 3.16. The second kappa shape index (κ2) is 5.19. The van der Waals surface area contributed by atoms with Crippen LogP contribution < -0.4 is 0 Å². The van der Waals surface area contributed by atoms with E-state index in [0.717, 1.165) is 17.7 Å². The average molecular weight is 332 g/mol. The summed E-state index contributed by atoms with van der Waals surface area (Å²) >= 11 is 0. The van der Waals surface area contributed by atoms with Crippen molar-refractivity contribution in [1.82, 2.24) is 4.90 Å². The third kappa shape index (κ3) is 2.00. The van der Waals surface area contributed by atoms with Crippen molar-refractivity contribution in [2.24, 2.45) is 11.1 Å². The third-order valence-electron chi connectivity index (χ3n) is 5.74. The van der Waals surface area contributed by atoms with Crippen molar-refractivity contribution >= 4 is 11.6 Å². The molecule has 5 rings (SSSR count). The molecular weight excluding hydrogens is 312 g/mol. The summed E-state index contributed by atoms with van der Waals surface area (Å²) < 4.78 is 0. The fraction of sp³-hybridized carbons (Fsp3) is 0.333. The lowest BCUT2D eigenvalue weighted by Gasteiger charge is -2.38. The SMILES string of the molecule is Cc1ccc(C2=NO[C@@H]3[C@H]2C(=O)N2[C@@H]3c3ccccc3C[C@@H]2C)cc1. The van der Waals surface area contributed by atoms with E-state index in [-0.39, 0.29) is 30.0 Å². The normalized spacial score (nSPS) is 29.6. The summed E-state index contributed by atoms with van der Waals surface area (Å²) in [5.74, 6) is -0.157. The van der Waals surface area contributed by atoms with Crippen LogP contribution in [0.5, 0.6) is 0 Å². The fourth-order valence-electron chi connectivity index (χ4n) is 4.54. The molecule has 2 aromatic rings. The lowest BCUT2D eigenvalue weighted by Crippen LogP contribution is -2.43. The van der Waals surface area contributed by atoms with Gasteiger partial charge >= 0.3 is 0 Å². The number of hydrogen-bond acceptors (Lipinski definition) is 3. The Hall–Kier alpha value is -2.62. The first kappa shape index (κ1) is 14.7. The van der Waals surface area contributed by atoms with Gasteiger partial charge in [0.05, 0.1) is 6.04 Å². The highest BCUT2D eigenvalue weighted by Crippen LogP contribution is 2.48. The van der Waals surface area contributed by atoms with Crippen LogP contribution in [0.3, 0.4) is 0 Å². The predicted octanol–water partition coefficient (Wildman–Crippen LogP) is 3.24. The van der Waals surface area contributed by atoms with Crippen LogP contribution in [0, 0.1) is 12.8 Å². The smallest absolute Gasteiger partial charge is 0.236 e. The van der Waals surface area contributed by atoms with Crippen LogP contribution in [0.2, 0.25) is 0 Å². The molecule has 0 bridgehead atoms. The number of carbonyl (C=O) groups is 1. The van der Waals surface area contributed by atoms with Gasteiger partial charge < -0.3 is 9.74 Å². The number of carbonyl (C=O) groups excluding carboxylic acids is 1. The van der Waals surface area contributed by atoms with Gasteiger partial charge in [-0.25, -0.2) is 0 Å². The summed E-state index contributed by atoms with van der Waals surface area (Å²) in [5, 5.41) is 4.33. The Bertz CT molecular complexity index is 887. The van der Waals surface area contributed by atoms with E-state index in [1.54, 1.807) is 0 Å². The van der Waals surface area contributed by atoms with Gasteiger partial charge in [0, 0.05) is 11.6 Å². The van der Waals surface area contributed by atoms with E-state index in [4.69, 9.17) is 4.84 Å². The first-order valence-electron chi connectivity index (χ1n) is 8.86. The molecule has 4 atom stereocenters. The fourth-order valence-corrected chi connectivity index (χ4v) is 4.54. The largest absolute Gasteiger partial charge is 0.388 e. The van der Waals surface area contributed by atoms with E-state index in [0.29, 0.717) is 0 Å². The van der Waals surface area contributed by atoms with E-state index in [1.165, 1.54) is 16.7 Å². The number of hydrogen-bond donors (Lipinski definition) is 0. The van der Waals surface area contributed by atoms with Crippen LogP contribution in [-0.4, -0.2) is 28.7 Å². The number of aryl methyl sites for hydroxylation is 1. The van der Waals surface area contributed by atoms with E-state index in [1.807, 2.05) is 23.1 Å². The predicted molar refractivity (Wildman–Crippen MR) is 95.3 cm³/mol. The summed E-state index contributed by atoms with van der Waals surface area (Å²) in [6.45, 7) is 4.18. The van der Waals surface area contributed by atoms with E-state index >= 15 is 0 Å². The van der Waals surface area contributed by atoms with Gasteiger partial charge in [-0.2, -0.15) is 0 Å². The molecule has 3 heterocycles. The lowest BCUT2D eigenvalue weighted by molar-refractivity contribution is -0.132. The molecule has 0 radical (unpaired) electrons. The molecule has 1 fully saturated rings. The molecular formula is C21H20N2O2. The number of benzene rings is 2. The molecule has 0 N–H and O–H groups in total. The molecule has 0 unspecified atom stereocenters. The van der Waals surface area contributed by atoms with Gasteiger partial charge in [0.2, 0.25) is 5.91 Å². The minimum atomic E-state index is -0.304. The van der Waals surface area contributed by atoms with E-state index in [2.05, 4.69) is 49.3 Å². The highest BCUT2D eigenvalue weighted by molar-refractivity contribution is 6.15. The Kier molecular flexibility index (Phi) is 3.05. The van der Waals surface area contributed by atoms with Crippen LogP contribution in [0.15, 0.2) is 53.7 Å². The van der Waals surface area contributed by atoms with Crippen molar-refractivity contribution in [1.29, 1.82) is 0 Å². The van der Waals surface area contributed by atoms with Gasteiger partial charge in [-0.15, -0.1) is 0 Å². The molecule has 0 aromatic heterocycles. The first-order chi connectivity index (χ1) is 12.1. The van der Waals surface area contributed by atoms with E-state index < -0.39 is 0 Å². The molecule has 2 aromatic carbocycles. The molecule has 3 aliphatic rings. The molecule has 1 saturated heterocycles. The topological polar surface area (TPSA) is 41.9 Å². The summed E-state index contributed by atoms with van der Waals surface area (Å²) in [6.07, 6.45) is 0.669. The molecule has 0 spiro atoms. The zero-order valence-electron chi connectivity index (χ0n) is 14.3.